The van der Waals surface area contributed by atoms with Gasteiger partial charge in [-0.1, -0.05) is 110 Å². The number of nitrogens with zero attached hydrogens (tertiary/aromatic N) is 4. The molecule has 1 aliphatic heterocycles. The van der Waals surface area contributed by atoms with Gasteiger partial charge in [-0.25, -0.2) is 32.9 Å². The molecule has 1 aromatic heterocycles. The number of carbonyl (C=O) groups excluding carboxylic acids is 4. The predicted molar refractivity (Wildman–Crippen MR) is 268 cm³/mol. The average molecular weight is 1030 g/mol. The fraction of sp³-hybridized carbons (Fsp3) is 0.333. The molecule has 0 bridgehead atoms. The van der Waals surface area contributed by atoms with E-state index in [1.807, 2.05) is 24.3 Å². The smallest absolute Gasteiger partial charge is 0.412 e. The normalized spacial score (nSPS) is 14.5. The summed E-state index contributed by atoms with van der Waals surface area (Å²) in [5, 5.41) is 31.6. The highest BCUT2D eigenvalue weighted by molar-refractivity contribution is 6.31. The number of hydrogen-bond acceptors (Lipinski definition) is 10. The third kappa shape index (κ3) is 13.5. The molecule has 0 aliphatic carbocycles. The Labute approximate surface area is 425 Å². The molecule has 5 aromatic rings. The van der Waals surface area contributed by atoms with Crippen LogP contribution in [0.1, 0.15) is 42.5 Å². The number of carbonyl (C=O) groups is 4. The summed E-state index contributed by atoms with van der Waals surface area (Å²) in [5.41, 5.74) is 6.93. The van der Waals surface area contributed by atoms with Gasteiger partial charge in [0.2, 0.25) is 5.79 Å². The fourth-order valence-corrected chi connectivity index (χ4v) is 8.20. The molecule has 1 unspecified atom stereocenters. The Balaban J connectivity index is 1.35. The molecule has 0 spiro atoms. The maximum Gasteiger partial charge on any atom is 0.412 e. The van der Waals surface area contributed by atoms with Crippen LogP contribution in [0, 0.1) is 24.0 Å². The van der Waals surface area contributed by atoms with Gasteiger partial charge in [0.15, 0.2) is 0 Å². The van der Waals surface area contributed by atoms with Gasteiger partial charge in [0.25, 0.3) is 0 Å². The summed E-state index contributed by atoms with van der Waals surface area (Å²) in [7, 11) is 2.84. The van der Waals surface area contributed by atoms with E-state index >= 15 is 0 Å². The third-order valence-corrected chi connectivity index (χ3v) is 13.0. The molecule has 7 amide bonds. The number of anilines is 1. The van der Waals surface area contributed by atoms with Crippen LogP contribution in [0.15, 0.2) is 103 Å². The maximum atomic E-state index is 14.4. The number of aliphatic hydroxyl groups excluding tert-OH is 2. The van der Waals surface area contributed by atoms with Gasteiger partial charge in [-0.3, -0.25) is 10.2 Å². The van der Waals surface area contributed by atoms with Gasteiger partial charge in [0.1, 0.15) is 30.2 Å². The second-order valence-corrected chi connectivity index (χ2v) is 18.7. The van der Waals surface area contributed by atoms with Crippen molar-refractivity contribution in [3.05, 3.63) is 154 Å². The van der Waals surface area contributed by atoms with Crippen LogP contribution in [-0.4, -0.2) is 119 Å². The lowest BCUT2D eigenvalue weighted by Gasteiger charge is -2.45. The summed E-state index contributed by atoms with van der Waals surface area (Å²) >= 11 is 12.4. The molecule has 0 saturated heterocycles. The summed E-state index contributed by atoms with van der Waals surface area (Å²) < 4.78 is 47.7. The molecule has 383 valence electrons. The summed E-state index contributed by atoms with van der Waals surface area (Å²) in [6, 6.07) is 19.9. The number of urea groups is 3. The van der Waals surface area contributed by atoms with Gasteiger partial charge in [0, 0.05) is 45.4 Å². The number of aromatic nitrogens is 1. The van der Waals surface area contributed by atoms with E-state index in [9.17, 15) is 38.2 Å². The molecule has 1 aliphatic rings. The van der Waals surface area contributed by atoms with Crippen LogP contribution in [0.5, 0.6) is 0 Å². The molecule has 21 heteroatoms. The molecule has 0 fully saturated rings. The highest BCUT2D eigenvalue weighted by Gasteiger charge is 2.49. The van der Waals surface area contributed by atoms with Crippen LogP contribution in [0.2, 0.25) is 10.0 Å². The number of fused-ring (bicyclic) bond motifs is 2. The van der Waals surface area contributed by atoms with Crippen LogP contribution in [0.4, 0.5) is 33.8 Å². The van der Waals surface area contributed by atoms with E-state index in [1.54, 1.807) is 56.4 Å². The minimum absolute atomic E-state index is 0.0920. The molecule has 4 aromatic carbocycles. The number of amides is 7. The molecule has 6 rings (SSSR count). The Morgan fingerprint density at radius 2 is 1.39 bits per heavy atom. The first-order chi connectivity index (χ1) is 34.2. The Kier molecular flexibility index (Phi) is 18.4. The maximum absolute atomic E-state index is 14.4. The Hall–Kier alpha value is -6.61. The number of primary amides is 1. The van der Waals surface area contributed by atoms with Gasteiger partial charge < -0.3 is 50.6 Å². The van der Waals surface area contributed by atoms with Crippen molar-refractivity contribution in [3.63, 3.8) is 0 Å². The minimum Gasteiger partial charge on any atom is -0.447 e. The highest BCUT2D eigenvalue weighted by atomic mass is 35.5. The molecule has 17 nitrogen and oxygen atoms in total. The monoisotopic (exact) mass is 1030 g/mol. The van der Waals surface area contributed by atoms with Gasteiger partial charge in [-0.2, -0.15) is 0 Å². The summed E-state index contributed by atoms with van der Waals surface area (Å²) in [6.45, 7) is 5.01. The zero-order chi connectivity index (χ0) is 52.3. The van der Waals surface area contributed by atoms with Gasteiger partial charge in [0.05, 0.1) is 47.6 Å². The lowest BCUT2D eigenvalue weighted by molar-refractivity contribution is -0.266. The van der Waals surface area contributed by atoms with Crippen molar-refractivity contribution in [1.29, 1.82) is 0 Å². The standard InChI is InChI=1S/C51H57Cl2F2N8O9/c1-31(65)51(42-20-32-12-7-9-15-37(32)26-63(42)46(56)66,71-28-38(22-50(2,3)30-64)61(4)47(67)58-24-35-16-10-18-40(54)44(35)52)72-29-39(62(5)48(68)59-25-36-17-11-19-41(55)45(36)53)27-70-49(69)60-43-21-33-13-6-8-14-34(33)23-57-43/h6-21,23,31,38-39,64-65H,1,22,24-30H2,2-5H3,(H2,56,66)(H,58,67)(H,59,68)(H,57,60,69)/t31-,38-,39-,51?/m1/s1. The van der Waals surface area contributed by atoms with Crippen LogP contribution < -0.4 is 21.7 Å². The number of benzene rings is 4. The Morgan fingerprint density at radius 3 is 1.97 bits per heavy atom. The van der Waals surface area contributed by atoms with E-state index in [4.69, 9.17) is 43.1 Å². The third-order valence-electron chi connectivity index (χ3n) is 12.2. The summed E-state index contributed by atoms with van der Waals surface area (Å²) in [6.07, 6.45) is 0.331. The van der Waals surface area contributed by atoms with Crippen LogP contribution >= 0.6 is 23.2 Å². The van der Waals surface area contributed by atoms with Crippen LogP contribution in [0.3, 0.4) is 0 Å². The number of likely N-dealkylation sites (N-methyl/N-ethyl adjacent to an activating group) is 2. The van der Waals surface area contributed by atoms with Crippen molar-refractivity contribution >= 4 is 70.1 Å². The number of pyridine rings is 1. The van der Waals surface area contributed by atoms with E-state index in [0.29, 0.717) is 16.7 Å². The van der Waals surface area contributed by atoms with Crippen molar-refractivity contribution in [2.24, 2.45) is 11.1 Å². The molecule has 1 radical (unpaired) electrons. The number of nitrogens with two attached hydrogens (primary N) is 1. The van der Waals surface area contributed by atoms with E-state index in [2.05, 4.69) is 27.9 Å². The number of aliphatic hydroxyl groups is 2. The Bertz CT molecular complexity index is 2790. The van der Waals surface area contributed by atoms with E-state index in [0.717, 1.165) is 20.6 Å². The first kappa shape index (κ1) is 54.7. The Morgan fingerprint density at radius 1 is 0.833 bits per heavy atom. The van der Waals surface area contributed by atoms with E-state index in [-0.39, 0.29) is 59.8 Å². The number of halogens is 4. The molecule has 0 saturated carbocycles. The lowest BCUT2D eigenvalue weighted by atomic mass is 9.86. The van der Waals surface area contributed by atoms with E-state index < -0.39 is 85.0 Å². The summed E-state index contributed by atoms with van der Waals surface area (Å²) in [5.74, 6) is -3.66. The molecule has 2 heterocycles. The highest BCUT2D eigenvalue weighted by Crippen LogP contribution is 2.38. The number of rotatable bonds is 20. The van der Waals surface area contributed by atoms with Crippen molar-refractivity contribution < 1.29 is 52.4 Å². The first-order valence-corrected chi connectivity index (χ1v) is 23.4. The van der Waals surface area contributed by atoms with Crippen LogP contribution in [0.25, 0.3) is 16.8 Å². The van der Waals surface area contributed by atoms with Crippen LogP contribution in [-0.2, 0) is 33.8 Å². The second-order valence-electron chi connectivity index (χ2n) is 17.9. The predicted octanol–water partition coefficient (Wildman–Crippen LogP) is 8.06. The number of nitrogens with one attached hydrogen (secondary N) is 3. The molecule has 72 heavy (non-hydrogen) atoms. The number of ether oxygens (including phenoxy) is 3. The van der Waals surface area contributed by atoms with Crippen molar-refractivity contribution in [1.82, 2.24) is 30.3 Å². The molecular formula is C51H57Cl2F2N8O9. The quantitative estimate of drug-likeness (QED) is 0.0412. The SMILES string of the molecule is [CH2][C@@H](O)C(OC[C@@H](COC(=O)Nc1cc2ccccc2cn1)N(C)C(=O)NCc1cccc(F)c1Cl)(OC[C@@H](CC(C)(C)CO)N(C)C(=O)NCc1cccc(F)c1Cl)C1=Cc2ccccc2CN1C(N)=O. The zero-order valence-corrected chi connectivity index (χ0v) is 41.6. The fourth-order valence-electron chi connectivity index (χ4n) is 7.82. The van der Waals surface area contributed by atoms with Crippen molar-refractivity contribution in [2.75, 3.05) is 45.8 Å². The first-order valence-electron chi connectivity index (χ1n) is 22.7. The van der Waals surface area contributed by atoms with Crippen molar-refractivity contribution in [3.8, 4) is 0 Å². The topological polar surface area (TPSA) is 221 Å². The molecular weight excluding hydrogens is 978 g/mol. The molecule has 4 atom stereocenters. The van der Waals surface area contributed by atoms with Crippen molar-refractivity contribution in [2.45, 2.75) is 63.9 Å². The van der Waals surface area contributed by atoms with Gasteiger partial charge in [-0.15, -0.1) is 0 Å². The lowest BCUT2D eigenvalue weighted by Crippen LogP contribution is -2.58. The zero-order valence-electron chi connectivity index (χ0n) is 40.0. The largest absolute Gasteiger partial charge is 0.447 e. The summed E-state index contributed by atoms with van der Waals surface area (Å²) in [4.78, 5) is 62.5. The van der Waals surface area contributed by atoms with Gasteiger partial charge >= 0.3 is 24.2 Å². The second kappa shape index (κ2) is 24.2. The van der Waals surface area contributed by atoms with Gasteiger partial charge in [-0.05, 0) is 70.7 Å². The van der Waals surface area contributed by atoms with E-state index in [1.165, 1.54) is 55.4 Å². The minimum atomic E-state index is -2.46. The number of hydrogen-bond donors (Lipinski definition) is 6. The average Bonchev–Trinajstić information content (AvgIpc) is 3.36. The molecule has 7 N–H and O–H groups in total.